The number of nitrogens with two attached hydrogens (primary N) is 1. The summed E-state index contributed by atoms with van der Waals surface area (Å²) >= 11 is 1.52. The number of aromatic nitrogens is 1. The molecule has 0 bridgehead atoms. The third-order valence-electron chi connectivity index (χ3n) is 2.75. The summed E-state index contributed by atoms with van der Waals surface area (Å²) in [5.41, 5.74) is 3.88. The number of thiazole rings is 1. The number of anilines is 2. The fourth-order valence-electron chi connectivity index (χ4n) is 1.84. The van der Waals surface area contributed by atoms with E-state index >= 15 is 0 Å². The van der Waals surface area contributed by atoms with Gasteiger partial charge in [-0.15, -0.1) is 11.3 Å². The van der Waals surface area contributed by atoms with E-state index in [9.17, 15) is 10.1 Å². The normalized spacial score (nSPS) is 11.9. The summed E-state index contributed by atoms with van der Waals surface area (Å²) in [6, 6.07) is 4.78. The highest BCUT2D eigenvalue weighted by Crippen LogP contribution is 2.34. The lowest BCUT2D eigenvalue weighted by Crippen LogP contribution is -2.12. The van der Waals surface area contributed by atoms with Crippen molar-refractivity contribution >= 4 is 28.4 Å². The fourth-order valence-corrected chi connectivity index (χ4v) is 2.64. The molecule has 1 atom stereocenters. The van der Waals surface area contributed by atoms with Gasteiger partial charge in [0.25, 0.3) is 0 Å². The Morgan fingerprint density at radius 1 is 1.45 bits per heavy atom. The second kappa shape index (κ2) is 5.85. The van der Waals surface area contributed by atoms with Crippen LogP contribution in [0.2, 0.25) is 0 Å². The molecule has 8 heteroatoms. The lowest BCUT2D eigenvalue weighted by Gasteiger charge is -2.14. The van der Waals surface area contributed by atoms with E-state index in [1.54, 1.807) is 18.2 Å². The maximum Gasteiger partial charge on any atom is 0.316 e. The number of hydrogen-bond acceptors (Lipinski definition) is 7. The van der Waals surface area contributed by atoms with Crippen molar-refractivity contribution in [2.75, 3.05) is 10.7 Å². The number of nitro groups is 1. The third kappa shape index (κ3) is 2.86. The van der Waals surface area contributed by atoms with Crippen LogP contribution in [0.4, 0.5) is 17.1 Å². The number of hydrogen-bond donors (Lipinski definition) is 3. The quantitative estimate of drug-likeness (QED) is 0.444. The number of nitro benzene ring substituents is 1. The Hall–Kier alpha value is -2.19. The second-order valence-electron chi connectivity index (χ2n) is 4.30. The van der Waals surface area contributed by atoms with Crippen LogP contribution in [0.25, 0.3) is 0 Å². The molecule has 0 spiro atoms. The summed E-state index contributed by atoms with van der Waals surface area (Å²) in [5.74, 6) is 5.31. The standard InChI is InChI=1S/C12H15N5O2S/c1-7-6-20-12(14-7)8(2)15-9-4-3-5-10(16-13)11(9)17(18)19/h3-6,8,15-16H,13H2,1-2H3. The minimum atomic E-state index is -0.461. The third-order valence-corrected chi connectivity index (χ3v) is 3.90. The van der Waals surface area contributed by atoms with Crippen molar-refractivity contribution in [1.82, 2.24) is 4.98 Å². The van der Waals surface area contributed by atoms with Gasteiger partial charge in [-0.3, -0.25) is 16.0 Å². The molecule has 0 saturated heterocycles. The molecule has 0 saturated carbocycles. The zero-order valence-electron chi connectivity index (χ0n) is 11.1. The first-order valence-electron chi connectivity index (χ1n) is 5.95. The monoisotopic (exact) mass is 293 g/mol. The number of nitrogen functional groups attached to an aromatic ring is 1. The molecule has 1 heterocycles. The topological polar surface area (TPSA) is 106 Å². The molecule has 106 valence electrons. The molecule has 1 aromatic heterocycles. The number of nitrogens with one attached hydrogen (secondary N) is 2. The maximum atomic E-state index is 11.2. The minimum Gasteiger partial charge on any atom is -0.370 e. The highest BCUT2D eigenvalue weighted by Gasteiger charge is 2.21. The van der Waals surface area contributed by atoms with Crippen LogP contribution in [0.5, 0.6) is 0 Å². The van der Waals surface area contributed by atoms with Crippen LogP contribution in [-0.4, -0.2) is 9.91 Å². The molecule has 0 radical (unpaired) electrons. The fraction of sp³-hybridized carbons (Fsp3) is 0.250. The van der Waals surface area contributed by atoms with Crippen molar-refractivity contribution in [1.29, 1.82) is 0 Å². The molecule has 2 aromatic rings. The Kier molecular flexibility index (Phi) is 4.16. The molecule has 20 heavy (non-hydrogen) atoms. The summed E-state index contributed by atoms with van der Waals surface area (Å²) < 4.78 is 0. The van der Waals surface area contributed by atoms with Gasteiger partial charge in [0, 0.05) is 11.1 Å². The summed E-state index contributed by atoms with van der Waals surface area (Å²) in [4.78, 5) is 15.1. The van der Waals surface area contributed by atoms with Gasteiger partial charge in [0.05, 0.1) is 11.0 Å². The van der Waals surface area contributed by atoms with Gasteiger partial charge in [-0.2, -0.15) is 0 Å². The number of rotatable bonds is 5. The second-order valence-corrected chi connectivity index (χ2v) is 5.19. The lowest BCUT2D eigenvalue weighted by molar-refractivity contribution is -0.383. The predicted octanol–water partition coefficient (Wildman–Crippen LogP) is 2.82. The first-order valence-corrected chi connectivity index (χ1v) is 6.83. The molecule has 2 rings (SSSR count). The zero-order chi connectivity index (χ0) is 14.7. The summed E-state index contributed by atoms with van der Waals surface area (Å²) in [7, 11) is 0. The van der Waals surface area contributed by atoms with Crippen molar-refractivity contribution in [3.63, 3.8) is 0 Å². The largest absolute Gasteiger partial charge is 0.370 e. The maximum absolute atomic E-state index is 11.2. The van der Waals surface area contributed by atoms with Crippen molar-refractivity contribution in [3.05, 3.63) is 44.4 Å². The van der Waals surface area contributed by atoms with Gasteiger partial charge in [-0.05, 0) is 26.0 Å². The Balaban J connectivity index is 2.31. The van der Waals surface area contributed by atoms with Crippen LogP contribution >= 0.6 is 11.3 Å². The molecule has 0 fully saturated rings. The van der Waals surface area contributed by atoms with Gasteiger partial charge in [0.15, 0.2) is 0 Å². The highest BCUT2D eigenvalue weighted by molar-refractivity contribution is 7.09. The van der Waals surface area contributed by atoms with Crippen molar-refractivity contribution in [3.8, 4) is 0 Å². The van der Waals surface area contributed by atoms with E-state index in [4.69, 9.17) is 5.84 Å². The van der Waals surface area contributed by atoms with Gasteiger partial charge in [-0.1, -0.05) is 6.07 Å². The predicted molar refractivity (Wildman–Crippen MR) is 79.8 cm³/mol. The molecule has 0 amide bonds. The van der Waals surface area contributed by atoms with Crippen LogP contribution in [0.15, 0.2) is 23.6 Å². The molecule has 1 unspecified atom stereocenters. The van der Waals surface area contributed by atoms with Crippen molar-refractivity contribution in [2.24, 2.45) is 5.84 Å². The van der Waals surface area contributed by atoms with Crippen LogP contribution < -0.4 is 16.6 Å². The Morgan fingerprint density at radius 3 is 2.70 bits per heavy atom. The summed E-state index contributed by atoms with van der Waals surface area (Å²) in [6.07, 6.45) is 0. The van der Waals surface area contributed by atoms with E-state index in [1.165, 1.54) is 11.3 Å². The Morgan fingerprint density at radius 2 is 2.15 bits per heavy atom. The molecular weight excluding hydrogens is 278 g/mol. The number of aryl methyl sites for hydroxylation is 1. The molecule has 0 aliphatic carbocycles. The van der Waals surface area contributed by atoms with E-state index in [-0.39, 0.29) is 17.4 Å². The van der Waals surface area contributed by atoms with Gasteiger partial charge < -0.3 is 10.7 Å². The average Bonchev–Trinajstić information content (AvgIpc) is 2.84. The van der Waals surface area contributed by atoms with E-state index in [1.807, 2.05) is 19.2 Å². The van der Waals surface area contributed by atoms with Crippen LogP contribution in [-0.2, 0) is 0 Å². The number of hydrazine groups is 1. The van der Waals surface area contributed by atoms with Crippen LogP contribution in [0, 0.1) is 17.0 Å². The average molecular weight is 293 g/mol. The first-order chi connectivity index (χ1) is 9.52. The SMILES string of the molecule is Cc1csc(C(C)Nc2cccc(NN)c2[N+](=O)[O-])n1. The van der Waals surface area contributed by atoms with E-state index in [2.05, 4.69) is 15.7 Å². The lowest BCUT2D eigenvalue weighted by atomic mass is 10.2. The first kappa shape index (κ1) is 14.2. The van der Waals surface area contributed by atoms with Crippen LogP contribution in [0.3, 0.4) is 0 Å². The van der Waals surface area contributed by atoms with E-state index in [0.29, 0.717) is 5.69 Å². The van der Waals surface area contributed by atoms with Gasteiger partial charge in [0.1, 0.15) is 16.4 Å². The molecule has 1 aromatic carbocycles. The Bertz CT molecular complexity index is 628. The molecule has 4 N–H and O–H groups in total. The molecular formula is C12H15N5O2S. The summed E-state index contributed by atoms with van der Waals surface area (Å²) in [6.45, 7) is 3.82. The van der Waals surface area contributed by atoms with Gasteiger partial charge >= 0.3 is 5.69 Å². The molecule has 7 nitrogen and oxygen atoms in total. The Labute approximate surface area is 120 Å². The molecule has 0 aliphatic rings. The zero-order valence-corrected chi connectivity index (χ0v) is 11.9. The molecule has 0 aliphatic heterocycles. The van der Waals surface area contributed by atoms with Crippen molar-refractivity contribution < 1.29 is 4.92 Å². The van der Waals surface area contributed by atoms with Gasteiger partial charge in [0.2, 0.25) is 0 Å². The highest BCUT2D eigenvalue weighted by atomic mass is 32.1. The van der Waals surface area contributed by atoms with E-state index in [0.717, 1.165) is 10.7 Å². The van der Waals surface area contributed by atoms with Crippen molar-refractivity contribution in [2.45, 2.75) is 19.9 Å². The van der Waals surface area contributed by atoms with E-state index < -0.39 is 4.92 Å². The summed E-state index contributed by atoms with van der Waals surface area (Å²) in [5, 5.41) is 17.1. The number of benzene rings is 1. The number of para-hydroxylation sites is 1. The number of nitrogens with zero attached hydrogens (tertiary/aromatic N) is 2. The smallest absolute Gasteiger partial charge is 0.316 e. The van der Waals surface area contributed by atoms with Gasteiger partial charge in [-0.25, -0.2) is 4.98 Å². The van der Waals surface area contributed by atoms with Crippen LogP contribution in [0.1, 0.15) is 23.7 Å². The minimum absolute atomic E-state index is 0.0740.